The number of benzene rings is 1. The molecule has 0 aliphatic heterocycles. The number of aromatic amines is 1. The third-order valence-corrected chi connectivity index (χ3v) is 5.86. The third kappa shape index (κ3) is 4.85. The lowest BCUT2D eigenvalue weighted by molar-refractivity contribution is 0.0343. The van der Waals surface area contributed by atoms with Gasteiger partial charge in [-0.2, -0.15) is 0 Å². The van der Waals surface area contributed by atoms with Gasteiger partial charge in [0.25, 0.3) is 11.5 Å². The van der Waals surface area contributed by atoms with Gasteiger partial charge < -0.3 is 20.1 Å². The van der Waals surface area contributed by atoms with Crippen LogP contribution in [0.3, 0.4) is 0 Å². The summed E-state index contributed by atoms with van der Waals surface area (Å²) in [6, 6.07) is 9.81. The van der Waals surface area contributed by atoms with Gasteiger partial charge in [0.2, 0.25) is 5.88 Å². The Balaban J connectivity index is 1.80. The third-order valence-electron chi connectivity index (χ3n) is 5.86. The van der Waals surface area contributed by atoms with Crippen LogP contribution in [-0.4, -0.2) is 43.3 Å². The molecule has 0 aliphatic rings. The van der Waals surface area contributed by atoms with Crippen LogP contribution in [0.1, 0.15) is 61.1 Å². The number of methoxy groups -OCH3 is 1. The molecule has 10 heteroatoms. The first-order chi connectivity index (χ1) is 17.0. The zero-order valence-corrected chi connectivity index (χ0v) is 20.7. The minimum absolute atomic E-state index is 0.189. The van der Waals surface area contributed by atoms with Crippen LogP contribution in [0, 0.1) is 5.82 Å². The number of rotatable bonds is 7. The summed E-state index contributed by atoms with van der Waals surface area (Å²) in [4.78, 5) is 33.7. The Labute approximate surface area is 207 Å². The Morgan fingerprint density at radius 3 is 2.50 bits per heavy atom. The van der Waals surface area contributed by atoms with Crippen LogP contribution >= 0.6 is 0 Å². The maximum atomic E-state index is 13.5. The van der Waals surface area contributed by atoms with E-state index in [4.69, 9.17) is 4.74 Å². The van der Waals surface area contributed by atoms with Gasteiger partial charge >= 0.3 is 0 Å². The number of nitrogens with zero attached hydrogens (tertiary/aromatic N) is 3. The molecule has 1 aromatic carbocycles. The maximum Gasteiger partial charge on any atom is 0.275 e. The lowest BCUT2D eigenvalue weighted by Gasteiger charge is -2.30. The van der Waals surface area contributed by atoms with Crippen molar-refractivity contribution in [2.24, 2.45) is 0 Å². The molecule has 0 unspecified atom stereocenters. The van der Waals surface area contributed by atoms with Gasteiger partial charge in [-0.3, -0.25) is 9.59 Å². The van der Waals surface area contributed by atoms with Crippen molar-refractivity contribution in [3.8, 4) is 17.4 Å². The van der Waals surface area contributed by atoms with E-state index in [0.29, 0.717) is 22.7 Å². The van der Waals surface area contributed by atoms with E-state index < -0.39 is 28.9 Å². The first-order valence-corrected chi connectivity index (χ1v) is 11.4. The summed E-state index contributed by atoms with van der Waals surface area (Å²) in [5.74, 6) is -0.535. The highest BCUT2D eigenvalue weighted by molar-refractivity contribution is 5.98. The number of amides is 1. The van der Waals surface area contributed by atoms with Gasteiger partial charge in [-0.15, -0.1) is 5.10 Å². The first-order valence-electron chi connectivity index (χ1n) is 11.4. The molecule has 188 valence electrons. The number of hydrogen-bond acceptors (Lipinski definition) is 6. The Kier molecular flexibility index (Phi) is 6.64. The van der Waals surface area contributed by atoms with Gasteiger partial charge in [-0.25, -0.2) is 13.9 Å². The van der Waals surface area contributed by atoms with Crippen molar-refractivity contribution in [1.82, 2.24) is 24.9 Å². The molecule has 1 amide bonds. The summed E-state index contributed by atoms with van der Waals surface area (Å²) in [6.07, 6.45) is 1.49. The molecule has 0 radical (unpaired) electrons. The minimum Gasteiger partial charge on any atom is -0.481 e. The molecule has 3 aromatic heterocycles. The molecular weight excluding hydrogens is 465 g/mol. The largest absolute Gasteiger partial charge is 0.481 e. The zero-order chi connectivity index (χ0) is 26.2. The fraction of sp³-hybridized carbons (Fsp3) is 0.308. The Hall–Kier alpha value is -4.05. The van der Waals surface area contributed by atoms with Crippen molar-refractivity contribution in [1.29, 1.82) is 0 Å². The quantitative estimate of drug-likeness (QED) is 0.362. The van der Waals surface area contributed by atoms with Crippen LogP contribution in [0.25, 0.3) is 17.0 Å². The number of hydrogen-bond donors (Lipinski definition) is 3. The summed E-state index contributed by atoms with van der Waals surface area (Å²) in [5, 5.41) is 18.1. The average molecular weight is 494 g/mol. The molecule has 4 aromatic rings. The van der Waals surface area contributed by atoms with Crippen molar-refractivity contribution in [3.05, 3.63) is 81.5 Å². The molecule has 1 atom stereocenters. The lowest BCUT2D eigenvalue weighted by atomic mass is 9.91. The lowest BCUT2D eigenvalue weighted by Crippen LogP contribution is -2.42. The molecule has 0 aliphatic carbocycles. The van der Waals surface area contributed by atoms with Gasteiger partial charge in [0.05, 0.1) is 24.3 Å². The number of H-pyrrole nitrogens is 1. The van der Waals surface area contributed by atoms with Crippen LogP contribution < -0.4 is 15.6 Å². The second kappa shape index (κ2) is 9.54. The molecule has 0 bridgehead atoms. The van der Waals surface area contributed by atoms with E-state index >= 15 is 0 Å². The summed E-state index contributed by atoms with van der Waals surface area (Å²) in [7, 11) is 1.49. The molecular formula is C26H28FN5O4. The number of halogens is 1. The normalized spacial score (nSPS) is 12.7. The number of ether oxygens (including phenoxy) is 1. The highest BCUT2D eigenvalue weighted by Gasteiger charge is 2.32. The number of aromatic nitrogens is 4. The van der Waals surface area contributed by atoms with Gasteiger partial charge in [0.15, 0.2) is 5.82 Å². The first kappa shape index (κ1) is 25.1. The topological polar surface area (TPSA) is 122 Å². The fourth-order valence-electron chi connectivity index (χ4n) is 4.18. The predicted octanol–water partition coefficient (Wildman–Crippen LogP) is 3.60. The summed E-state index contributed by atoms with van der Waals surface area (Å²) < 4.78 is 20.0. The van der Waals surface area contributed by atoms with E-state index in [2.05, 4.69) is 20.4 Å². The molecule has 36 heavy (non-hydrogen) atoms. The van der Waals surface area contributed by atoms with E-state index in [1.807, 2.05) is 13.8 Å². The Bertz CT molecular complexity index is 1470. The van der Waals surface area contributed by atoms with Gasteiger partial charge in [-0.05, 0) is 43.5 Å². The van der Waals surface area contributed by atoms with Gasteiger partial charge in [-0.1, -0.05) is 32.0 Å². The SMILES string of the molecule is COc1cccc(-c2nn3cc(C(=O)N[C@@H](c4ccc(F)cc4)C(C)(C)O)c(C(C)C)c3c(=O)[nH]2)n1. The molecule has 0 saturated carbocycles. The molecule has 0 spiro atoms. The second-order valence-corrected chi connectivity index (χ2v) is 9.38. The van der Waals surface area contributed by atoms with Crippen LogP contribution in [0.2, 0.25) is 0 Å². The summed E-state index contributed by atoms with van der Waals surface area (Å²) >= 11 is 0. The minimum atomic E-state index is -1.36. The molecule has 0 fully saturated rings. The summed E-state index contributed by atoms with van der Waals surface area (Å²) in [6.45, 7) is 6.86. The second-order valence-electron chi connectivity index (χ2n) is 9.38. The van der Waals surface area contributed by atoms with E-state index in [9.17, 15) is 19.1 Å². The van der Waals surface area contributed by atoms with Crippen molar-refractivity contribution >= 4 is 11.4 Å². The van der Waals surface area contributed by atoms with Crippen LogP contribution in [-0.2, 0) is 0 Å². The number of carbonyl (C=O) groups is 1. The highest BCUT2D eigenvalue weighted by Crippen LogP contribution is 2.29. The number of carbonyl (C=O) groups excluding carboxylic acids is 1. The van der Waals surface area contributed by atoms with Crippen molar-refractivity contribution < 1.29 is 19.0 Å². The van der Waals surface area contributed by atoms with Crippen molar-refractivity contribution in [3.63, 3.8) is 0 Å². The van der Waals surface area contributed by atoms with E-state index in [1.165, 1.54) is 42.1 Å². The number of fused-ring (bicyclic) bond motifs is 1. The fourth-order valence-corrected chi connectivity index (χ4v) is 4.18. The molecule has 0 saturated heterocycles. The van der Waals surface area contributed by atoms with Crippen LogP contribution in [0.15, 0.2) is 53.5 Å². The number of nitrogens with one attached hydrogen (secondary N) is 2. The van der Waals surface area contributed by atoms with Gasteiger partial charge in [0.1, 0.15) is 17.0 Å². The summed E-state index contributed by atoms with van der Waals surface area (Å²) in [5.41, 5.74) is 0.154. The standard InChI is InChI=1S/C26H28FN5O4/c1-14(2)20-17(24(33)29-22(26(3,4)35)15-9-11-16(27)12-10-15)13-32-21(20)25(34)30-23(31-32)18-7-6-8-19(28-18)36-5/h6-14,22,35H,1-5H3,(H,29,33)(H,30,31,34)/t22-/m0/s1. The number of pyridine rings is 1. The van der Waals surface area contributed by atoms with E-state index in [-0.39, 0.29) is 22.8 Å². The van der Waals surface area contributed by atoms with E-state index in [1.54, 1.807) is 32.0 Å². The molecule has 9 nitrogen and oxygen atoms in total. The molecule has 3 heterocycles. The van der Waals surface area contributed by atoms with Crippen LogP contribution in [0.5, 0.6) is 5.88 Å². The maximum absolute atomic E-state index is 13.5. The Morgan fingerprint density at radius 2 is 1.89 bits per heavy atom. The van der Waals surface area contributed by atoms with Crippen molar-refractivity contribution in [2.75, 3.05) is 7.11 Å². The predicted molar refractivity (Wildman–Crippen MR) is 133 cm³/mol. The van der Waals surface area contributed by atoms with Gasteiger partial charge in [0, 0.05) is 17.8 Å². The molecule has 3 N–H and O–H groups in total. The zero-order valence-electron chi connectivity index (χ0n) is 20.7. The van der Waals surface area contributed by atoms with E-state index in [0.717, 1.165) is 0 Å². The smallest absolute Gasteiger partial charge is 0.275 e. The Morgan fingerprint density at radius 1 is 1.19 bits per heavy atom. The molecule has 4 rings (SSSR count). The highest BCUT2D eigenvalue weighted by atomic mass is 19.1. The van der Waals surface area contributed by atoms with Crippen molar-refractivity contribution in [2.45, 2.75) is 45.3 Å². The number of aliphatic hydroxyl groups is 1. The van der Waals surface area contributed by atoms with Crippen LogP contribution in [0.4, 0.5) is 4.39 Å². The average Bonchev–Trinajstić information content (AvgIpc) is 3.23. The monoisotopic (exact) mass is 493 g/mol.